The van der Waals surface area contributed by atoms with Gasteiger partial charge in [0.25, 0.3) is 0 Å². The lowest BCUT2D eigenvalue weighted by Gasteiger charge is -2.04. The molecular weight excluding hydrogens is 230 g/mol. The minimum atomic E-state index is -0.0799. The molecule has 0 spiro atoms. The van der Waals surface area contributed by atoms with E-state index in [1.165, 1.54) is 0 Å². The van der Waals surface area contributed by atoms with Gasteiger partial charge in [0.1, 0.15) is 5.75 Å². The fourth-order valence-electron chi connectivity index (χ4n) is 1.15. The summed E-state index contributed by atoms with van der Waals surface area (Å²) in [5.41, 5.74) is 11.1. The highest BCUT2D eigenvalue weighted by atomic mass is 16.5. The molecule has 0 aliphatic carbocycles. The van der Waals surface area contributed by atoms with Crippen LogP contribution in [0.4, 0.5) is 0 Å². The molecule has 18 heavy (non-hydrogen) atoms. The Kier molecular flexibility index (Phi) is 5.77. The van der Waals surface area contributed by atoms with Crippen LogP contribution in [0.25, 0.3) is 0 Å². The fraction of sp³-hybridized carbons (Fsp3) is 0.250. The zero-order valence-corrected chi connectivity index (χ0v) is 9.91. The van der Waals surface area contributed by atoms with Crippen molar-refractivity contribution in [3.63, 3.8) is 0 Å². The summed E-state index contributed by atoms with van der Waals surface area (Å²) in [5, 5.41) is 15.6. The standard InChI is InChI=1S/C12H15N5O/c13-7-1-2-8-18-11-5-3-10(4-6-11)9-16-17-12(14)15/h3-6,9H,1-2,8H2,(H4,14,15,17). The van der Waals surface area contributed by atoms with Crippen LogP contribution in [-0.4, -0.2) is 18.8 Å². The van der Waals surface area contributed by atoms with Gasteiger partial charge in [0.2, 0.25) is 5.96 Å². The summed E-state index contributed by atoms with van der Waals surface area (Å²) in [6.45, 7) is 0.537. The minimum Gasteiger partial charge on any atom is -0.494 e. The highest BCUT2D eigenvalue weighted by molar-refractivity contribution is 5.81. The number of nitriles is 1. The molecule has 0 fully saturated rings. The molecule has 0 saturated heterocycles. The zero-order chi connectivity index (χ0) is 13.2. The van der Waals surface area contributed by atoms with E-state index < -0.39 is 0 Å². The number of nitrogens with zero attached hydrogens (tertiary/aromatic N) is 3. The summed E-state index contributed by atoms with van der Waals surface area (Å²) in [4.78, 5) is 0. The average Bonchev–Trinajstić information content (AvgIpc) is 2.36. The van der Waals surface area contributed by atoms with Gasteiger partial charge in [-0.2, -0.15) is 10.4 Å². The van der Waals surface area contributed by atoms with E-state index in [1.807, 2.05) is 24.3 Å². The summed E-state index contributed by atoms with van der Waals surface area (Å²) >= 11 is 0. The number of hydrogen-bond acceptors (Lipinski definition) is 4. The van der Waals surface area contributed by atoms with Crippen molar-refractivity contribution in [1.29, 1.82) is 5.26 Å². The number of ether oxygens (including phenoxy) is 1. The smallest absolute Gasteiger partial charge is 0.211 e. The quantitative estimate of drug-likeness (QED) is 0.337. The van der Waals surface area contributed by atoms with Crippen molar-refractivity contribution in [2.75, 3.05) is 6.61 Å². The highest BCUT2D eigenvalue weighted by Crippen LogP contribution is 2.11. The Hall–Kier alpha value is -2.55. The van der Waals surface area contributed by atoms with Gasteiger partial charge >= 0.3 is 0 Å². The number of guanidine groups is 1. The maximum atomic E-state index is 8.37. The Balaban J connectivity index is 2.45. The molecule has 4 N–H and O–H groups in total. The van der Waals surface area contributed by atoms with E-state index in [0.29, 0.717) is 13.0 Å². The molecule has 1 aromatic rings. The SMILES string of the molecule is N#CCCCOc1ccc(C=NN=C(N)N)cc1. The molecule has 0 amide bonds. The number of hydrogen-bond donors (Lipinski definition) is 2. The summed E-state index contributed by atoms with van der Waals surface area (Å²) in [6.07, 6.45) is 2.77. The summed E-state index contributed by atoms with van der Waals surface area (Å²) in [5.74, 6) is 0.677. The molecule has 0 aliphatic heterocycles. The Morgan fingerprint density at radius 3 is 2.67 bits per heavy atom. The predicted molar refractivity (Wildman–Crippen MR) is 70.2 cm³/mol. The molecule has 0 bridgehead atoms. The second kappa shape index (κ2) is 7.68. The van der Waals surface area contributed by atoms with Crippen molar-refractivity contribution in [3.05, 3.63) is 29.8 Å². The summed E-state index contributed by atoms with van der Waals surface area (Å²) in [7, 11) is 0. The van der Waals surface area contributed by atoms with Gasteiger partial charge in [0.05, 0.1) is 18.9 Å². The molecule has 0 unspecified atom stereocenters. The van der Waals surface area contributed by atoms with Crippen LogP contribution in [-0.2, 0) is 0 Å². The van der Waals surface area contributed by atoms with Crippen LogP contribution >= 0.6 is 0 Å². The first-order valence-electron chi connectivity index (χ1n) is 5.44. The number of rotatable bonds is 6. The molecule has 0 aliphatic rings. The van der Waals surface area contributed by atoms with Gasteiger partial charge in [-0.3, -0.25) is 0 Å². The second-order valence-electron chi connectivity index (χ2n) is 3.45. The molecule has 94 valence electrons. The van der Waals surface area contributed by atoms with Gasteiger partial charge in [0.15, 0.2) is 0 Å². The van der Waals surface area contributed by atoms with Crippen LogP contribution in [0.15, 0.2) is 34.5 Å². The fourth-order valence-corrected chi connectivity index (χ4v) is 1.15. The zero-order valence-electron chi connectivity index (χ0n) is 9.91. The average molecular weight is 245 g/mol. The lowest BCUT2D eigenvalue weighted by Crippen LogP contribution is -2.21. The van der Waals surface area contributed by atoms with E-state index in [4.69, 9.17) is 21.5 Å². The maximum Gasteiger partial charge on any atom is 0.211 e. The maximum absolute atomic E-state index is 8.37. The third kappa shape index (κ3) is 5.51. The largest absolute Gasteiger partial charge is 0.494 e. The molecule has 0 radical (unpaired) electrons. The van der Waals surface area contributed by atoms with Crippen LogP contribution in [0.1, 0.15) is 18.4 Å². The second-order valence-corrected chi connectivity index (χ2v) is 3.45. The molecule has 0 aromatic heterocycles. The lowest BCUT2D eigenvalue weighted by molar-refractivity contribution is 0.312. The van der Waals surface area contributed by atoms with Crippen molar-refractivity contribution in [2.24, 2.45) is 21.7 Å². The Bertz CT molecular complexity index is 454. The first-order valence-corrected chi connectivity index (χ1v) is 5.44. The Morgan fingerprint density at radius 2 is 2.06 bits per heavy atom. The van der Waals surface area contributed by atoms with E-state index in [2.05, 4.69) is 16.3 Å². The van der Waals surface area contributed by atoms with Gasteiger partial charge in [0, 0.05) is 6.42 Å². The molecule has 6 heteroatoms. The third-order valence-corrected chi connectivity index (χ3v) is 1.96. The number of benzene rings is 1. The van der Waals surface area contributed by atoms with Crippen molar-refractivity contribution >= 4 is 12.2 Å². The van der Waals surface area contributed by atoms with E-state index in [0.717, 1.165) is 17.7 Å². The highest BCUT2D eigenvalue weighted by Gasteiger charge is 1.94. The van der Waals surface area contributed by atoms with Gasteiger partial charge in [-0.1, -0.05) is 0 Å². The van der Waals surface area contributed by atoms with Crippen molar-refractivity contribution in [1.82, 2.24) is 0 Å². The van der Waals surface area contributed by atoms with Gasteiger partial charge < -0.3 is 16.2 Å². The van der Waals surface area contributed by atoms with Crippen molar-refractivity contribution < 1.29 is 4.74 Å². The van der Waals surface area contributed by atoms with E-state index in [-0.39, 0.29) is 5.96 Å². The van der Waals surface area contributed by atoms with Crippen LogP contribution < -0.4 is 16.2 Å². The molecule has 0 atom stereocenters. The number of unbranched alkanes of at least 4 members (excludes halogenated alkanes) is 1. The van der Waals surface area contributed by atoms with Crippen molar-refractivity contribution in [2.45, 2.75) is 12.8 Å². The monoisotopic (exact) mass is 245 g/mol. The first-order chi connectivity index (χ1) is 8.72. The topological polar surface area (TPSA) is 110 Å². The van der Waals surface area contributed by atoms with Crippen molar-refractivity contribution in [3.8, 4) is 11.8 Å². The van der Waals surface area contributed by atoms with Crippen LogP contribution in [0.3, 0.4) is 0 Å². The first kappa shape index (κ1) is 13.5. The predicted octanol–water partition coefficient (Wildman–Crippen LogP) is 0.976. The van der Waals surface area contributed by atoms with E-state index in [1.54, 1.807) is 6.21 Å². The molecular formula is C12H15N5O. The van der Waals surface area contributed by atoms with Crippen LogP contribution in [0, 0.1) is 11.3 Å². The molecule has 0 saturated carbocycles. The summed E-state index contributed by atoms with van der Waals surface area (Å²) in [6, 6.07) is 9.39. The number of nitrogens with two attached hydrogens (primary N) is 2. The van der Waals surface area contributed by atoms with Crippen LogP contribution in [0.5, 0.6) is 5.75 Å². The lowest BCUT2D eigenvalue weighted by atomic mass is 10.2. The van der Waals surface area contributed by atoms with E-state index in [9.17, 15) is 0 Å². The van der Waals surface area contributed by atoms with Gasteiger partial charge in [-0.05, 0) is 36.2 Å². The molecule has 6 nitrogen and oxygen atoms in total. The summed E-state index contributed by atoms with van der Waals surface area (Å²) < 4.78 is 5.44. The Labute approximate surface area is 106 Å². The third-order valence-electron chi connectivity index (χ3n) is 1.96. The minimum absolute atomic E-state index is 0.0799. The molecule has 1 rings (SSSR count). The molecule has 1 aromatic carbocycles. The van der Waals surface area contributed by atoms with Gasteiger partial charge in [-0.25, -0.2) is 0 Å². The van der Waals surface area contributed by atoms with Gasteiger partial charge in [-0.15, -0.1) is 5.10 Å². The Morgan fingerprint density at radius 1 is 1.33 bits per heavy atom. The molecule has 0 heterocycles. The van der Waals surface area contributed by atoms with Crippen LogP contribution in [0.2, 0.25) is 0 Å². The normalized spacial score (nSPS) is 9.94. The van der Waals surface area contributed by atoms with E-state index >= 15 is 0 Å².